The molecular formula is C29H27BrN2O5. The SMILES string of the molecule is CCOc1cc(/C=C2\C(=O)NC(=O)N(C3CCCC3)C2=O)cc(Br)c1OCc1ccc2ccccc2c1. The van der Waals surface area contributed by atoms with E-state index in [1.807, 2.05) is 25.1 Å². The van der Waals surface area contributed by atoms with Crippen molar-refractivity contribution < 1.29 is 23.9 Å². The highest BCUT2D eigenvalue weighted by Crippen LogP contribution is 2.38. The lowest BCUT2D eigenvalue weighted by atomic mass is 10.0. The first-order valence-corrected chi connectivity index (χ1v) is 13.2. The molecule has 1 aliphatic carbocycles. The smallest absolute Gasteiger partial charge is 0.331 e. The van der Waals surface area contributed by atoms with E-state index in [1.165, 1.54) is 11.0 Å². The zero-order valence-corrected chi connectivity index (χ0v) is 22.0. The molecular weight excluding hydrogens is 536 g/mol. The molecule has 7 nitrogen and oxygen atoms in total. The molecule has 0 radical (unpaired) electrons. The van der Waals surface area contributed by atoms with Crippen molar-refractivity contribution in [1.82, 2.24) is 10.2 Å². The van der Waals surface area contributed by atoms with Crippen LogP contribution < -0.4 is 14.8 Å². The van der Waals surface area contributed by atoms with Crippen molar-refractivity contribution in [2.24, 2.45) is 0 Å². The predicted octanol–water partition coefficient (Wildman–Crippen LogP) is 5.98. The number of amides is 4. The first-order valence-electron chi connectivity index (χ1n) is 12.4. The maximum absolute atomic E-state index is 13.2. The van der Waals surface area contributed by atoms with E-state index in [0.29, 0.717) is 34.7 Å². The Labute approximate surface area is 223 Å². The number of urea groups is 1. The maximum atomic E-state index is 13.2. The summed E-state index contributed by atoms with van der Waals surface area (Å²) in [6.07, 6.45) is 4.92. The number of imide groups is 2. The van der Waals surface area contributed by atoms with Crippen molar-refractivity contribution in [3.63, 3.8) is 0 Å². The standard InChI is InChI=1S/C29H27BrN2O5/c1-2-36-25-16-19(14-23-27(33)31-29(35)32(28(23)34)22-9-5-6-10-22)15-24(30)26(25)37-17-18-11-12-20-7-3-4-8-21(20)13-18/h3-4,7-8,11-16,22H,2,5-6,9-10,17H2,1H3,(H,31,33,35)/b23-14+. The van der Waals surface area contributed by atoms with Gasteiger partial charge in [-0.2, -0.15) is 0 Å². The van der Waals surface area contributed by atoms with Crippen LogP contribution in [0.25, 0.3) is 16.8 Å². The van der Waals surface area contributed by atoms with Gasteiger partial charge in [0.25, 0.3) is 11.8 Å². The van der Waals surface area contributed by atoms with Gasteiger partial charge in [-0.25, -0.2) is 4.79 Å². The fourth-order valence-electron chi connectivity index (χ4n) is 4.89. The fraction of sp³-hybridized carbons (Fsp3) is 0.276. The van der Waals surface area contributed by atoms with Crippen LogP contribution in [0.15, 0.2) is 64.6 Å². The molecule has 0 atom stereocenters. The Kier molecular flexibility index (Phi) is 7.28. The Morgan fingerprint density at radius 3 is 2.51 bits per heavy atom. The summed E-state index contributed by atoms with van der Waals surface area (Å²) >= 11 is 3.57. The Morgan fingerprint density at radius 1 is 1.00 bits per heavy atom. The van der Waals surface area contributed by atoms with Crippen LogP contribution in [-0.4, -0.2) is 35.4 Å². The lowest BCUT2D eigenvalue weighted by molar-refractivity contribution is -0.131. The number of rotatable bonds is 7. The summed E-state index contributed by atoms with van der Waals surface area (Å²) in [4.78, 5) is 39.3. The molecule has 1 N–H and O–H groups in total. The first-order chi connectivity index (χ1) is 17.9. The molecule has 8 heteroatoms. The van der Waals surface area contributed by atoms with Crippen molar-refractivity contribution in [1.29, 1.82) is 0 Å². The van der Waals surface area contributed by atoms with E-state index in [2.05, 4.69) is 45.5 Å². The highest BCUT2D eigenvalue weighted by molar-refractivity contribution is 9.10. The average molecular weight is 563 g/mol. The van der Waals surface area contributed by atoms with Crippen LogP contribution in [0.4, 0.5) is 4.79 Å². The number of halogens is 1. The number of hydrogen-bond donors (Lipinski definition) is 1. The quantitative estimate of drug-likeness (QED) is 0.282. The Balaban J connectivity index is 1.41. The minimum atomic E-state index is -0.699. The summed E-state index contributed by atoms with van der Waals surface area (Å²) in [5.41, 5.74) is 1.51. The summed E-state index contributed by atoms with van der Waals surface area (Å²) in [6.45, 7) is 2.61. The van der Waals surface area contributed by atoms with Gasteiger partial charge in [0.15, 0.2) is 11.5 Å². The van der Waals surface area contributed by atoms with Crippen LogP contribution in [0.3, 0.4) is 0 Å². The number of carbonyl (C=O) groups is 3. The lowest BCUT2D eigenvalue weighted by Gasteiger charge is -2.31. The Morgan fingerprint density at radius 2 is 1.76 bits per heavy atom. The van der Waals surface area contributed by atoms with Gasteiger partial charge in [-0.3, -0.25) is 19.8 Å². The molecule has 2 aliphatic rings. The third kappa shape index (κ3) is 5.25. The van der Waals surface area contributed by atoms with Gasteiger partial charge in [-0.1, -0.05) is 49.2 Å². The minimum Gasteiger partial charge on any atom is -0.490 e. The van der Waals surface area contributed by atoms with Crippen LogP contribution in [0, 0.1) is 0 Å². The molecule has 190 valence electrons. The van der Waals surface area contributed by atoms with E-state index in [4.69, 9.17) is 9.47 Å². The van der Waals surface area contributed by atoms with E-state index in [1.54, 1.807) is 12.1 Å². The molecule has 0 unspecified atom stereocenters. The monoisotopic (exact) mass is 562 g/mol. The van der Waals surface area contributed by atoms with Crippen molar-refractivity contribution in [3.05, 3.63) is 75.8 Å². The van der Waals surface area contributed by atoms with Gasteiger partial charge in [0.1, 0.15) is 12.2 Å². The third-order valence-corrected chi connectivity index (χ3v) is 7.25. The van der Waals surface area contributed by atoms with E-state index >= 15 is 0 Å². The van der Waals surface area contributed by atoms with Gasteiger partial charge >= 0.3 is 6.03 Å². The van der Waals surface area contributed by atoms with E-state index in [9.17, 15) is 14.4 Å². The molecule has 2 fully saturated rings. The zero-order chi connectivity index (χ0) is 25.9. The van der Waals surface area contributed by atoms with Crippen LogP contribution >= 0.6 is 15.9 Å². The molecule has 0 bridgehead atoms. The first kappa shape index (κ1) is 25.0. The molecule has 3 aromatic rings. The number of ether oxygens (including phenoxy) is 2. The molecule has 5 rings (SSSR count). The van der Waals surface area contributed by atoms with E-state index < -0.39 is 17.8 Å². The second-order valence-electron chi connectivity index (χ2n) is 9.16. The highest BCUT2D eigenvalue weighted by Gasteiger charge is 2.40. The van der Waals surface area contributed by atoms with Crippen LogP contribution in [-0.2, 0) is 16.2 Å². The number of hydrogen-bond acceptors (Lipinski definition) is 5. The van der Waals surface area contributed by atoms with Gasteiger partial charge in [0, 0.05) is 6.04 Å². The van der Waals surface area contributed by atoms with Crippen LogP contribution in [0.1, 0.15) is 43.7 Å². The van der Waals surface area contributed by atoms with Crippen molar-refractivity contribution in [2.75, 3.05) is 6.61 Å². The van der Waals surface area contributed by atoms with E-state index in [-0.39, 0.29) is 11.6 Å². The van der Waals surface area contributed by atoms with Gasteiger partial charge < -0.3 is 9.47 Å². The van der Waals surface area contributed by atoms with Crippen LogP contribution in [0.2, 0.25) is 0 Å². The third-order valence-electron chi connectivity index (χ3n) is 6.66. The molecule has 3 aromatic carbocycles. The number of nitrogens with one attached hydrogen (secondary N) is 1. The van der Waals surface area contributed by atoms with E-state index in [0.717, 1.165) is 42.0 Å². The number of carbonyl (C=O) groups excluding carboxylic acids is 3. The number of benzene rings is 3. The molecule has 0 spiro atoms. The van der Waals surface area contributed by atoms with Gasteiger partial charge in [0.05, 0.1) is 11.1 Å². The van der Waals surface area contributed by atoms with Crippen molar-refractivity contribution >= 4 is 50.6 Å². The predicted molar refractivity (Wildman–Crippen MR) is 144 cm³/mol. The summed E-state index contributed by atoms with van der Waals surface area (Å²) in [5, 5.41) is 4.61. The molecule has 1 aliphatic heterocycles. The Hall–Kier alpha value is -3.65. The fourth-order valence-corrected chi connectivity index (χ4v) is 5.46. The van der Waals surface area contributed by atoms with Crippen molar-refractivity contribution in [3.8, 4) is 11.5 Å². The molecule has 0 aromatic heterocycles. The van der Waals surface area contributed by atoms with Gasteiger partial charge in [-0.15, -0.1) is 0 Å². The summed E-state index contributed by atoms with van der Waals surface area (Å²) in [6, 6.07) is 17.0. The molecule has 37 heavy (non-hydrogen) atoms. The number of barbiturate groups is 1. The summed E-state index contributed by atoms with van der Waals surface area (Å²) < 4.78 is 12.6. The number of nitrogens with zero attached hydrogens (tertiary/aromatic N) is 1. The molecule has 4 amide bonds. The topological polar surface area (TPSA) is 84.9 Å². The summed E-state index contributed by atoms with van der Waals surface area (Å²) in [5.74, 6) is -0.252. The minimum absolute atomic E-state index is 0.0781. The van der Waals surface area contributed by atoms with Gasteiger partial charge in [-0.05, 0) is 81.9 Å². The zero-order valence-electron chi connectivity index (χ0n) is 20.5. The van der Waals surface area contributed by atoms with Crippen LogP contribution in [0.5, 0.6) is 11.5 Å². The second kappa shape index (κ2) is 10.8. The maximum Gasteiger partial charge on any atom is 0.331 e. The Bertz CT molecular complexity index is 1410. The second-order valence-corrected chi connectivity index (χ2v) is 10.0. The molecule has 1 heterocycles. The molecule has 1 saturated carbocycles. The summed E-state index contributed by atoms with van der Waals surface area (Å²) in [7, 11) is 0. The van der Waals surface area contributed by atoms with Crippen molar-refractivity contribution in [2.45, 2.75) is 45.3 Å². The average Bonchev–Trinajstić information content (AvgIpc) is 3.40. The van der Waals surface area contributed by atoms with Gasteiger partial charge in [0.2, 0.25) is 0 Å². The number of fused-ring (bicyclic) bond motifs is 1. The molecule has 1 saturated heterocycles. The lowest BCUT2D eigenvalue weighted by Crippen LogP contribution is -2.57. The highest BCUT2D eigenvalue weighted by atomic mass is 79.9. The normalized spacial score (nSPS) is 17.5. The largest absolute Gasteiger partial charge is 0.490 e.